The molecule has 2 fully saturated rings. The highest BCUT2D eigenvalue weighted by Gasteiger charge is 2.32. The van der Waals surface area contributed by atoms with Gasteiger partial charge < -0.3 is 10.2 Å². The van der Waals surface area contributed by atoms with Gasteiger partial charge in [-0.1, -0.05) is 30.7 Å². The Hall–Kier alpha value is -1.85. The van der Waals surface area contributed by atoms with Gasteiger partial charge in [0.25, 0.3) is 5.91 Å². The van der Waals surface area contributed by atoms with Gasteiger partial charge in [-0.2, -0.15) is 0 Å². The summed E-state index contributed by atoms with van der Waals surface area (Å²) >= 11 is 1.81. The lowest BCUT2D eigenvalue weighted by atomic mass is 9.85. The van der Waals surface area contributed by atoms with E-state index in [1.165, 1.54) is 57.3 Å². The van der Waals surface area contributed by atoms with E-state index in [2.05, 4.69) is 10.2 Å². The van der Waals surface area contributed by atoms with E-state index < -0.39 is 0 Å². The van der Waals surface area contributed by atoms with Crippen molar-refractivity contribution in [2.75, 3.05) is 18.8 Å². The summed E-state index contributed by atoms with van der Waals surface area (Å²) in [5.41, 5.74) is 1.48. The van der Waals surface area contributed by atoms with E-state index in [0.717, 1.165) is 22.3 Å². The number of benzene rings is 2. The van der Waals surface area contributed by atoms with E-state index in [9.17, 15) is 9.18 Å². The van der Waals surface area contributed by atoms with Gasteiger partial charge >= 0.3 is 0 Å². The number of nitrogens with one attached hydrogen (secondary N) is 1. The zero-order valence-electron chi connectivity index (χ0n) is 16.8. The lowest BCUT2D eigenvalue weighted by Crippen LogP contribution is -2.48. The van der Waals surface area contributed by atoms with Gasteiger partial charge in [-0.05, 0) is 74.5 Å². The van der Waals surface area contributed by atoms with Gasteiger partial charge in [-0.3, -0.25) is 4.79 Å². The zero-order valence-corrected chi connectivity index (χ0v) is 17.6. The molecule has 1 amide bonds. The monoisotopic (exact) mass is 412 g/mol. The van der Waals surface area contributed by atoms with Gasteiger partial charge in [0.15, 0.2) is 0 Å². The Kier molecular flexibility index (Phi) is 6.88. The molecule has 2 heterocycles. The fourth-order valence-electron chi connectivity index (χ4n) is 4.67. The van der Waals surface area contributed by atoms with Gasteiger partial charge in [0.2, 0.25) is 0 Å². The van der Waals surface area contributed by atoms with Crippen LogP contribution in [0.5, 0.6) is 0 Å². The predicted molar refractivity (Wildman–Crippen MR) is 117 cm³/mol. The Balaban J connectivity index is 1.38. The number of thioether (sulfide) groups is 1. The van der Waals surface area contributed by atoms with Crippen LogP contribution in [0.15, 0.2) is 53.4 Å². The Morgan fingerprint density at radius 2 is 1.93 bits per heavy atom. The van der Waals surface area contributed by atoms with Crippen molar-refractivity contribution in [3.63, 3.8) is 0 Å². The zero-order chi connectivity index (χ0) is 20.1. The number of fused-ring (bicyclic) bond motifs is 1. The maximum absolute atomic E-state index is 13.4. The van der Waals surface area contributed by atoms with Crippen molar-refractivity contribution in [2.45, 2.75) is 49.6 Å². The molecule has 0 saturated carbocycles. The molecular formula is C24H29FN2OS. The maximum atomic E-state index is 13.4. The molecule has 2 atom stereocenters. The second-order valence-electron chi connectivity index (χ2n) is 8.12. The molecule has 1 N–H and O–H groups in total. The summed E-state index contributed by atoms with van der Waals surface area (Å²) in [5.74, 6) is 1.39. The summed E-state index contributed by atoms with van der Waals surface area (Å²) < 4.78 is 13.4. The quantitative estimate of drug-likeness (QED) is 0.669. The molecule has 2 aliphatic heterocycles. The van der Waals surface area contributed by atoms with Gasteiger partial charge in [-0.25, -0.2) is 4.39 Å². The first-order valence-corrected chi connectivity index (χ1v) is 11.7. The van der Waals surface area contributed by atoms with Crippen LogP contribution in [-0.2, 0) is 6.54 Å². The van der Waals surface area contributed by atoms with Crippen LogP contribution in [0.3, 0.4) is 0 Å². The van der Waals surface area contributed by atoms with Gasteiger partial charge in [0.05, 0.1) is 5.56 Å². The molecule has 29 heavy (non-hydrogen) atoms. The summed E-state index contributed by atoms with van der Waals surface area (Å²) in [6, 6.07) is 14.9. The standard InChI is InChI=1S/C24H29FN2OS/c25-20-9-5-7-18(15-20)16-26-24(28)21-10-1-2-12-23(21)29-17-19-8-6-14-27-13-4-3-11-22(19)27/h1-2,5,7,9-10,12,15,19,22H,3-4,6,8,11,13-14,16-17H2,(H,26,28)/t19-,22+/m0/s1. The van der Waals surface area contributed by atoms with Crippen LogP contribution >= 0.6 is 11.8 Å². The lowest BCUT2D eigenvalue weighted by Gasteiger charge is -2.44. The summed E-state index contributed by atoms with van der Waals surface area (Å²) in [7, 11) is 0. The topological polar surface area (TPSA) is 32.3 Å². The molecule has 0 bridgehead atoms. The SMILES string of the molecule is O=C(NCc1cccc(F)c1)c1ccccc1SC[C@@H]1CCCN2CCCC[C@H]12. The van der Waals surface area contributed by atoms with Crippen LogP contribution in [0.25, 0.3) is 0 Å². The average Bonchev–Trinajstić information content (AvgIpc) is 2.76. The number of piperidine rings is 2. The first-order chi connectivity index (χ1) is 14.2. The smallest absolute Gasteiger partial charge is 0.252 e. The first kappa shape index (κ1) is 20.4. The van der Waals surface area contributed by atoms with Crippen molar-refractivity contribution in [3.8, 4) is 0 Å². The molecule has 0 aromatic heterocycles. The van der Waals surface area contributed by atoms with Crippen molar-refractivity contribution < 1.29 is 9.18 Å². The van der Waals surface area contributed by atoms with Crippen molar-refractivity contribution >= 4 is 17.7 Å². The molecule has 4 rings (SSSR count). The molecule has 0 unspecified atom stereocenters. The van der Waals surface area contributed by atoms with Gasteiger partial charge in [0, 0.05) is 23.2 Å². The molecule has 2 aliphatic rings. The third-order valence-corrected chi connectivity index (χ3v) is 7.42. The summed E-state index contributed by atoms with van der Waals surface area (Å²) in [6.45, 7) is 2.84. The Bertz CT molecular complexity index is 841. The molecule has 5 heteroatoms. The van der Waals surface area contributed by atoms with Crippen molar-refractivity contribution in [1.29, 1.82) is 0 Å². The average molecular weight is 413 g/mol. The second-order valence-corrected chi connectivity index (χ2v) is 9.18. The molecule has 0 spiro atoms. The van der Waals surface area contributed by atoms with E-state index in [0.29, 0.717) is 18.0 Å². The highest BCUT2D eigenvalue weighted by atomic mass is 32.2. The fourth-order valence-corrected chi connectivity index (χ4v) is 5.95. The third kappa shape index (κ3) is 5.20. The van der Waals surface area contributed by atoms with E-state index >= 15 is 0 Å². The van der Waals surface area contributed by atoms with Gasteiger partial charge in [0.1, 0.15) is 5.82 Å². The number of rotatable bonds is 6. The van der Waals surface area contributed by atoms with Crippen LogP contribution in [0.2, 0.25) is 0 Å². The number of halogens is 1. The highest BCUT2D eigenvalue weighted by Crippen LogP contribution is 2.35. The Labute approximate surface area is 177 Å². The van der Waals surface area contributed by atoms with Crippen LogP contribution in [0.4, 0.5) is 4.39 Å². The molecule has 154 valence electrons. The van der Waals surface area contributed by atoms with E-state index in [-0.39, 0.29) is 11.7 Å². The molecule has 0 aliphatic carbocycles. The number of carbonyl (C=O) groups is 1. The molecule has 2 saturated heterocycles. The number of amides is 1. The van der Waals surface area contributed by atoms with Gasteiger partial charge in [-0.15, -0.1) is 11.8 Å². The van der Waals surface area contributed by atoms with Crippen molar-refractivity contribution in [2.24, 2.45) is 5.92 Å². The van der Waals surface area contributed by atoms with Crippen LogP contribution in [0, 0.1) is 11.7 Å². The normalized spacial score (nSPS) is 22.1. The summed E-state index contributed by atoms with van der Waals surface area (Å²) in [4.78, 5) is 16.5. The van der Waals surface area contributed by atoms with Crippen LogP contribution in [0.1, 0.15) is 48.0 Å². The van der Waals surface area contributed by atoms with Crippen molar-refractivity contribution in [3.05, 3.63) is 65.5 Å². The lowest BCUT2D eigenvalue weighted by molar-refractivity contribution is 0.0693. The minimum absolute atomic E-state index is 0.0969. The molecule has 0 radical (unpaired) electrons. The van der Waals surface area contributed by atoms with Crippen LogP contribution < -0.4 is 5.32 Å². The fraction of sp³-hybridized carbons (Fsp3) is 0.458. The third-order valence-electron chi connectivity index (χ3n) is 6.16. The van der Waals surface area contributed by atoms with E-state index in [4.69, 9.17) is 0 Å². The number of nitrogens with zero attached hydrogens (tertiary/aromatic N) is 1. The number of hydrogen-bond donors (Lipinski definition) is 1. The minimum atomic E-state index is -0.281. The largest absolute Gasteiger partial charge is 0.348 e. The maximum Gasteiger partial charge on any atom is 0.252 e. The van der Waals surface area contributed by atoms with Crippen LogP contribution in [-0.4, -0.2) is 35.7 Å². The highest BCUT2D eigenvalue weighted by molar-refractivity contribution is 7.99. The Morgan fingerprint density at radius 3 is 2.83 bits per heavy atom. The summed E-state index contributed by atoms with van der Waals surface area (Å²) in [6.07, 6.45) is 6.59. The van der Waals surface area contributed by atoms with Crippen molar-refractivity contribution in [1.82, 2.24) is 10.2 Å². The predicted octanol–water partition coefficient (Wildman–Crippen LogP) is 5.11. The number of hydrogen-bond acceptors (Lipinski definition) is 3. The second kappa shape index (κ2) is 9.77. The Morgan fingerprint density at radius 1 is 1.07 bits per heavy atom. The van der Waals surface area contributed by atoms with E-state index in [1.807, 2.05) is 42.1 Å². The molecular weight excluding hydrogens is 383 g/mol. The molecule has 2 aromatic carbocycles. The summed E-state index contributed by atoms with van der Waals surface area (Å²) in [5, 5.41) is 2.94. The molecule has 3 nitrogen and oxygen atoms in total. The number of carbonyl (C=O) groups excluding carboxylic acids is 1. The first-order valence-electron chi connectivity index (χ1n) is 10.7. The minimum Gasteiger partial charge on any atom is -0.348 e. The molecule has 2 aromatic rings. The van der Waals surface area contributed by atoms with E-state index in [1.54, 1.807) is 6.07 Å².